The van der Waals surface area contributed by atoms with Gasteiger partial charge in [0, 0.05) is 6.08 Å². The van der Waals surface area contributed by atoms with Gasteiger partial charge in [-0.2, -0.15) is 0 Å². The first kappa shape index (κ1) is 18.5. The highest BCUT2D eigenvalue weighted by Gasteiger charge is 2.34. The molecule has 0 unspecified atom stereocenters. The Kier molecular flexibility index (Phi) is 6.86. The summed E-state index contributed by atoms with van der Waals surface area (Å²) in [5, 5.41) is 8.66. The molecule has 1 rings (SSSR count). The molecule has 0 heterocycles. The molecule has 1 fully saturated rings. The van der Waals surface area contributed by atoms with Gasteiger partial charge in [-0.15, -0.1) is 0 Å². The maximum absolute atomic E-state index is 10.5. The van der Waals surface area contributed by atoms with Crippen molar-refractivity contribution >= 4 is 5.97 Å². The number of carboxylic acid groups (broad SMARTS) is 1. The molecule has 122 valence electrons. The van der Waals surface area contributed by atoms with Crippen molar-refractivity contribution in [1.29, 1.82) is 0 Å². The summed E-state index contributed by atoms with van der Waals surface area (Å²) in [7, 11) is 0. The minimum absolute atomic E-state index is 0.380. The lowest BCUT2D eigenvalue weighted by molar-refractivity contribution is -0.131. The van der Waals surface area contributed by atoms with E-state index in [1.54, 1.807) is 6.92 Å². The van der Waals surface area contributed by atoms with Crippen LogP contribution in [0.3, 0.4) is 0 Å². The molecule has 2 heteroatoms. The van der Waals surface area contributed by atoms with E-state index in [-0.39, 0.29) is 0 Å². The van der Waals surface area contributed by atoms with E-state index in [2.05, 4.69) is 39.8 Å². The fraction of sp³-hybridized carbons (Fsp3) is 0.550. The van der Waals surface area contributed by atoms with Gasteiger partial charge in [-0.1, -0.05) is 69.6 Å². The van der Waals surface area contributed by atoms with Crippen LogP contribution < -0.4 is 0 Å². The van der Waals surface area contributed by atoms with E-state index in [1.807, 2.05) is 18.2 Å². The van der Waals surface area contributed by atoms with Crippen molar-refractivity contribution in [2.75, 3.05) is 0 Å². The number of hydrogen-bond acceptors (Lipinski definition) is 1. The average molecular weight is 302 g/mol. The predicted octanol–water partition coefficient (Wildman–Crippen LogP) is 5.54. The zero-order valence-corrected chi connectivity index (χ0v) is 14.6. The monoisotopic (exact) mass is 302 g/mol. The van der Waals surface area contributed by atoms with Gasteiger partial charge in [0.1, 0.15) is 0 Å². The second-order valence-corrected chi connectivity index (χ2v) is 7.24. The van der Waals surface area contributed by atoms with Gasteiger partial charge in [0.05, 0.1) is 0 Å². The fourth-order valence-corrected chi connectivity index (χ4v) is 3.35. The fourth-order valence-electron chi connectivity index (χ4n) is 3.35. The smallest absolute Gasteiger partial charge is 0.328 e. The van der Waals surface area contributed by atoms with Gasteiger partial charge in [0.2, 0.25) is 0 Å². The third-order valence-electron chi connectivity index (χ3n) is 4.63. The third-order valence-corrected chi connectivity index (χ3v) is 4.63. The van der Waals surface area contributed by atoms with Crippen LogP contribution in [-0.4, -0.2) is 11.1 Å². The van der Waals surface area contributed by atoms with Gasteiger partial charge in [-0.05, 0) is 43.1 Å². The van der Waals surface area contributed by atoms with E-state index in [0.717, 1.165) is 11.5 Å². The molecule has 0 aliphatic heterocycles. The highest BCUT2D eigenvalue weighted by molar-refractivity contribution is 5.81. The van der Waals surface area contributed by atoms with Crippen LogP contribution in [0.15, 0.2) is 47.6 Å². The van der Waals surface area contributed by atoms with Gasteiger partial charge >= 0.3 is 5.97 Å². The highest BCUT2D eigenvalue weighted by Crippen LogP contribution is 2.44. The molecule has 0 spiro atoms. The molecule has 0 bridgehead atoms. The van der Waals surface area contributed by atoms with Crippen molar-refractivity contribution < 1.29 is 9.90 Å². The van der Waals surface area contributed by atoms with E-state index in [4.69, 9.17) is 5.11 Å². The lowest BCUT2D eigenvalue weighted by atomic mass is 9.64. The molecule has 1 saturated carbocycles. The maximum Gasteiger partial charge on any atom is 0.328 e. The van der Waals surface area contributed by atoms with E-state index in [1.165, 1.54) is 30.9 Å². The van der Waals surface area contributed by atoms with Crippen LogP contribution >= 0.6 is 0 Å². The summed E-state index contributed by atoms with van der Waals surface area (Å²) >= 11 is 0. The molecule has 1 aliphatic carbocycles. The van der Waals surface area contributed by atoms with E-state index in [0.29, 0.717) is 11.3 Å². The highest BCUT2D eigenvalue weighted by atomic mass is 16.4. The molecule has 0 aromatic carbocycles. The number of carbonyl (C=O) groups is 1. The topological polar surface area (TPSA) is 37.3 Å². The van der Waals surface area contributed by atoms with Crippen LogP contribution in [0.2, 0.25) is 0 Å². The molecule has 1 N–H and O–H groups in total. The Bertz CT molecular complexity index is 504. The Morgan fingerprint density at radius 1 is 1.18 bits per heavy atom. The molecule has 0 saturated heterocycles. The number of allylic oxidation sites excluding steroid dienone is 7. The van der Waals surface area contributed by atoms with Crippen molar-refractivity contribution in [3.05, 3.63) is 47.6 Å². The van der Waals surface area contributed by atoms with Crippen molar-refractivity contribution in [3.63, 3.8) is 0 Å². The van der Waals surface area contributed by atoms with Gasteiger partial charge in [-0.25, -0.2) is 4.79 Å². The number of aliphatic carboxylic acids is 1. The second-order valence-electron chi connectivity index (χ2n) is 7.24. The van der Waals surface area contributed by atoms with Gasteiger partial charge < -0.3 is 5.11 Å². The van der Waals surface area contributed by atoms with Crippen molar-refractivity contribution in [3.8, 4) is 0 Å². The molecular weight excluding hydrogens is 272 g/mol. The molecule has 0 aromatic rings. The quantitative estimate of drug-likeness (QED) is 0.535. The SMILES string of the molecule is CC(/C=C/[C@@H]1[C@H](C)CCCC1(C)C)=C\C=C\C(C)=C\C(=O)O. The number of rotatable bonds is 5. The van der Waals surface area contributed by atoms with Crippen LogP contribution in [0.4, 0.5) is 0 Å². The molecule has 1 aliphatic rings. The summed E-state index contributed by atoms with van der Waals surface area (Å²) < 4.78 is 0. The Morgan fingerprint density at radius 2 is 1.86 bits per heavy atom. The Hall–Kier alpha value is -1.57. The third kappa shape index (κ3) is 6.05. The minimum Gasteiger partial charge on any atom is -0.478 e. The standard InChI is InChI=1S/C20H30O2/c1-15(8-6-9-16(2)14-19(21)22)11-12-18-17(3)10-7-13-20(18,4)5/h6,8-9,11-12,14,17-18H,7,10,13H2,1-5H3,(H,21,22)/b9-6+,12-11+,15-8+,16-14+/t17-,18-/m1/s1. The minimum atomic E-state index is -0.906. The molecule has 0 amide bonds. The lowest BCUT2D eigenvalue weighted by Gasteiger charge is -2.41. The van der Waals surface area contributed by atoms with Crippen LogP contribution in [0.25, 0.3) is 0 Å². The van der Waals surface area contributed by atoms with Crippen LogP contribution in [0.1, 0.15) is 53.9 Å². The zero-order chi connectivity index (χ0) is 16.8. The summed E-state index contributed by atoms with van der Waals surface area (Å²) in [4.78, 5) is 10.5. The second kappa shape index (κ2) is 8.17. The van der Waals surface area contributed by atoms with Gasteiger partial charge in [-0.3, -0.25) is 0 Å². The van der Waals surface area contributed by atoms with E-state index < -0.39 is 5.97 Å². The van der Waals surface area contributed by atoms with E-state index >= 15 is 0 Å². The molecule has 0 radical (unpaired) electrons. The normalized spacial score (nSPS) is 26.8. The van der Waals surface area contributed by atoms with Gasteiger partial charge in [0.25, 0.3) is 0 Å². The van der Waals surface area contributed by atoms with Crippen LogP contribution in [0.5, 0.6) is 0 Å². The first-order chi connectivity index (χ1) is 10.2. The molecule has 0 aromatic heterocycles. The Balaban J connectivity index is 2.70. The number of carboxylic acids is 1. The summed E-state index contributed by atoms with van der Waals surface area (Å²) in [5.41, 5.74) is 2.31. The maximum atomic E-state index is 10.5. The van der Waals surface area contributed by atoms with Crippen molar-refractivity contribution in [2.24, 2.45) is 17.3 Å². The first-order valence-corrected chi connectivity index (χ1v) is 8.17. The summed E-state index contributed by atoms with van der Waals surface area (Å²) in [5.74, 6) is 0.461. The van der Waals surface area contributed by atoms with Crippen LogP contribution in [0, 0.1) is 17.3 Å². The largest absolute Gasteiger partial charge is 0.478 e. The molecule has 22 heavy (non-hydrogen) atoms. The number of hydrogen-bond donors (Lipinski definition) is 1. The van der Waals surface area contributed by atoms with E-state index in [9.17, 15) is 4.79 Å². The predicted molar refractivity (Wildman–Crippen MR) is 93.7 cm³/mol. The molecule has 2 atom stereocenters. The Morgan fingerprint density at radius 3 is 2.45 bits per heavy atom. The summed E-state index contributed by atoms with van der Waals surface area (Å²) in [6.07, 6.45) is 15.5. The van der Waals surface area contributed by atoms with Crippen molar-refractivity contribution in [2.45, 2.75) is 53.9 Å². The summed E-state index contributed by atoms with van der Waals surface area (Å²) in [6.45, 7) is 11.0. The average Bonchev–Trinajstić information content (AvgIpc) is 2.36. The molecule has 2 nitrogen and oxygen atoms in total. The van der Waals surface area contributed by atoms with Crippen molar-refractivity contribution in [1.82, 2.24) is 0 Å². The molecular formula is C20H30O2. The van der Waals surface area contributed by atoms with Crippen LogP contribution in [-0.2, 0) is 4.79 Å². The Labute approximate surface area is 135 Å². The summed E-state index contributed by atoms with van der Waals surface area (Å²) in [6, 6.07) is 0. The first-order valence-electron chi connectivity index (χ1n) is 8.17. The zero-order valence-electron chi connectivity index (χ0n) is 14.6. The lowest BCUT2D eigenvalue weighted by Crippen LogP contribution is -2.32. The van der Waals surface area contributed by atoms with Gasteiger partial charge in [0.15, 0.2) is 0 Å².